The smallest absolute Gasteiger partial charge is 0.336 e. The highest BCUT2D eigenvalue weighted by atomic mass is 35.5. The number of halogens is 2. The summed E-state index contributed by atoms with van der Waals surface area (Å²) >= 11 is 12.8. The van der Waals surface area contributed by atoms with E-state index in [1.54, 1.807) is 59.5 Å². The van der Waals surface area contributed by atoms with Gasteiger partial charge in [0.05, 0.1) is 21.6 Å². The quantitative estimate of drug-likeness (QED) is 0.596. The molecule has 1 atom stereocenters. The highest BCUT2D eigenvalue weighted by Gasteiger charge is 2.27. The van der Waals surface area contributed by atoms with Gasteiger partial charge < -0.3 is 10.8 Å². The van der Waals surface area contributed by atoms with Crippen LogP contribution in [0.5, 0.6) is 0 Å². The van der Waals surface area contributed by atoms with Crippen molar-refractivity contribution in [3.63, 3.8) is 0 Å². The standard InChI is InChI=1S/C21H16Cl2N4O2/c22-13-6-2-1-5-11(13)17-12(20(28)29)9-10-15-18(17)19(24)27(21(25)26-15)16-8-4-3-7-14(16)23/h1-10,21H,24-25H2,(H,28,29). The molecule has 1 unspecified atom stereocenters. The van der Waals surface area contributed by atoms with Crippen LogP contribution in [0.3, 0.4) is 0 Å². The first-order chi connectivity index (χ1) is 13.9. The van der Waals surface area contributed by atoms with Crippen molar-refractivity contribution in [2.24, 2.45) is 16.5 Å². The highest BCUT2D eigenvalue weighted by molar-refractivity contribution is 6.34. The van der Waals surface area contributed by atoms with Gasteiger partial charge in [-0.15, -0.1) is 0 Å². The van der Waals surface area contributed by atoms with Gasteiger partial charge in [0.2, 0.25) is 0 Å². The maximum atomic E-state index is 12.0. The van der Waals surface area contributed by atoms with Crippen LogP contribution in [0.1, 0.15) is 10.4 Å². The van der Waals surface area contributed by atoms with Gasteiger partial charge >= 0.3 is 5.97 Å². The number of para-hydroxylation sites is 1. The molecular weight excluding hydrogens is 411 g/mol. The number of nitrogens with two attached hydrogens (primary N) is 2. The summed E-state index contributed by atoms with van der Waals surface area (Å²) in [6.07, 6.45) is -0.822. The number of rotatable bonds is 3. The Labute approximate surface area is 176 Å². The summed E-state index contributed by atoms with van der Waals surface area (Å²) in [6, 6.07) is 17.1. The van der Waals surface area contributed by atoms with Gasteiger partial charge in [-0.1, -0.05) is 53.5 Å². The number of nitrogens with zero attached hydrogens (tertiary/aromatic N) is 2. The van der Waals surface area contributed by atoms with Crippen LogP contribution < -0.4 is 26.9 Å². The third kappa shape index (κ3) is 3.21. The molecule has 5 N–H and O–H groups in total. The molecule has 0 saturated heterocycles. The maximum Gasteiger partial charge on any atom is 0.336 e. The Morgan fingerprint density at radius 3 is 2.31 bits per heavy atom. The molecule has 1 heterocycles. The summed E-state index contributed by atoms with van der Waals surface area (Å²) in [5.74, 6) is -0.858. The molecule has 4 rings (SSSR count). The van der Waals surface area contributed by atoms with E-state index < -0.39 is 12.3 Å². The maximum absolute atomic E-state index is 12.0. The van der Waals surface area contributed by atoms with E-state index in [1.165, 1.54) is 6.07 Å². The van der Waals surface area contributed by atoms with Gasteiger partial charge in [-0.05, 0) is 30.3 Å². The van der Waals surface area contributed by atoms with Crippen LogP contribution in [-0.4, -0.2) is 17.4 Å². The number of carboxylic acids is 1. The Kier molecular flexibility index (Phi) is 4.92. The van der Waals surface area contributed by atoms with Crippen molar-refractivity contribution < 1.29 is 9.90 Å². The molecule has 3 aromatic rings. The third-order valence-corrected chi connectivity index (χ3v) is 5.37. The zero-order valence-electron chi connectivity index (χ0n) is 15.0. The summed E-state index contributed by atoms with van der Waals surface area (Å²) in [5.41, 5.74) is 14.4. The largest absolute Gasteiger partial charge is 0.478 e. The summed E-state index contributed by atoms with van der Waals surface area (Å²) in [6.45, 7) is 0. The van der Waals surface area contributed by atoms with Crippen molar-refractivity contribution in [1.82, 2.24) is 0 Å². The molecular formula is C21H16Cl2N4O2. The van der Waals surface area contributed by atoms with Gasteiger partial charge in [0.25, 0.3) is 0 Å². The summed E-state index contributed by atoms with van der Waals surface area (Å²) in [5, 5.41) is 11.6. The number of carboxylic acid groups (broad SMARTS) is 1. The number of hydrogen-bond acceptors (Lipinski definition) is 5. The second kappa shape index (κ2) is 7.40. The Morgan fingerprint density at radius 1 is 1.00 bits per heavy atom. The lowest BCUT2D eigenvalue weighted by molar-refractivity contribution is 0.0697. The molecule has 6 nitrogen and oxygen atoms in total. The van der Waals surface area contributed by atoms with E-state index in [9.17, 15) is 9.90 Å². The molecule has 0 aliphatic carbocycles. The van der Waals surface area contributed by atoms with Crippen molar-refractivity contribution in [2.75, 3.05) is 4.90 Å². The molecule has 146 valence electrons. The number of hydrogen-bond donors (Lipinski definition) is 3. The molecule has 8 heteroatoms. The van der Waals surface area contributed by atoms with Gasteiger partial charge in [-0.2, -0.15) is 0 Å². The normalized spacial score (nSPS) is 15.6. The van der Waals surface area contributed by atoms with E-state index >= 15 is 0 Å². The van der Waals surface area contributed by atoms with E-state index in [4.69, 9.17) is 34.7 Å². The van der Waals surface area contributed by atoms with Gasteiger partial charge in [0.1, 0.15) is 5.82 Å². The lowest BCUT2D eigenvalue weighted by Gasteiger charge is -2.32. The van der Waals surface area contributed by atoms with E-state index in [0.717, 1.165) is 0 Å². The molecule has 0 radical (unpaired) electrons. The molecule has 0 bridgehead atoms. The first-order valence-electron chi connectivity index (χ1n) is 8.68. The molecule has 0 spiro atoms. The molecule has 29 heavy (non-hydrogen) atoms. The third-order valence-electron chi connectivity index (χ3n) is 4.72. The highest BCUT2D eigenvalue weighted by Crippen LogP contribution is 2.31. The van der Waals surface area contributed by atoms with E-state index in [2.05, 4.69) is 4.99 Å². The molecule has 0 fully saturated rings. The SMILES string of the molecule is NC1=c2c(-c3ccccc3Cl)c(C(=O)O)ccc2=NC(N)N1c1ccccc1Cl. The van der Waals surface area contributed by atoms with Crippen LogP contribution >= 0.6 is 23.2 Å². The van der Waals surface area contributed by atoms with Crippen LogP contribution in [0.2, 0.25) is 10.0 Å². The molecule has 1 aliphatic rings. The van der Waals surface area contributed by atoms with Crippen LogP contribution in [0.15, 0.2) is 65.7 Å². The van der Waals surface area contributed by atoms with E-state index in [-0.39, 0.29) is 11.4 Å². The minimum absolute atomic E-state index is 0.0598. The minimum atomic E-state index is -1.10. The van der Waals surface area contributed by atoms with Crippen LogP contribution in [0.25, 0.3) is 16.9 Å². The molecule has 1 aliphatic heterocycles. The molecule has 0 amide bonds. The summed E-state index contributed by atoms with van der Waals surface area (Å²) in [7, 11) is 0. The van der Waals surface area contributed by atoms with Gasteiger partial charge in [-0.3, -0.25) is 10.6 Å². The average molecular weight is 427 g/mol. The van der Waals surface area contributed by atoms with Crippen LogP contribution in [0, 0.1) is 0 Å². The van der Waals surface area contributed by atoms with Crippen molar-refractivity contribution >= 4 is 40.7 Å². The predicted molar refractivity (Wildman–Crippen MR) is 114 cm³/mol. The van der Waals surface area contributed by atoms with E-state index in [0.29, 0.717) is 37.4 Å². The molecule has 0 saturated carbocycles. The van der Waals surface area contributed by atoms with Crippen molar-refractivity contribution in [2.45, 2.75) is 6.29 Å². The van der Waals surface area contributed by atoms with Crippen molar-refractivity contribution in [3.8, 4) is 11.1 Å². The first-order valence-corrected chi connectivity index (χ1v) is 9.44. The number of aromatic carboxylic acids is 1. The zero-order chi connectivity index (χ0) is 20.7. The van der Waals surface area contributed by atoms with Crippen molar-refractivity contribution in [1.29, 1.82) is 0 Å². The molecule has 0 aromatic heterocycles. The summed E-state index contributed by atoms with van der Waals surface area (Å²) in [4.78, 5) is 18.1. The number of carbonyl (C=O) groups is 1. The zero-order valence-corrected chi connectivity index (χ0v) is 16.5. The lowest BCUT2D eigenvalue weighted by atomic mass is 9.96. The lowest BCUT2D eigenvalue weighted by Crippen LogP contribution is -2.53. The van der Waals surface area contributed by atoms with Gasteiger partial charge in [0, 0.05) is 21.4 Å². The van der Waals surface area contributed by atoms with E-state index in [1.807, 2.05) is 0 Å². The number of fused-ring (bicyclic) bond motifs is 1. The van der Waals surface area contributed by atoms with Crippen molar-refractivity contribution in [3.05, 3.63) is 86.8 Å². The number of benzene rings is 3. The van der Waals surface area contributed by atoms with Crippen LogP contribution in [0.4, 0.5) is 5.69 Å². The second-order valence-electron chi connectivity index (χ2n) is 6.42. The summed E-state index contributed by atoms with van der Waals surface area (Å²) < 4.78 is 0. The van der Waals surface area contributed by atoms with Gasteiger partial charge in [0.15, 0.2) is 6.29 Å². The fourth-order valence-corrected chi connectivity index (χ4v) is 3.92. The Bertz CT molecular complexity index is 1260. The van der Waals surface area contributed by atoms with Crippen LogP contribution in [-0.2, 0) is 0 Å². The Hall–Kier alpha value is -3.06. The monoisotopic (exact) mass is 426 g/mol. The fourth-order valence-electron chi connectivity index (χ4n) is 3.46. The number of anilines is 1. The first kappa shape index (κ1) is 19.3. The van der Waals surface area contributed by atoms with Gasteiger partial charge in [-0.25, -0.2) is 9.79 Å². The fraction of sp³-hybridized carbons (Fsp3) is 0.0476. The topological polar surface area (TPSA) is 105 Å². The minimum Gasteiger partial charge on any atom is -0.478 e. The average Bonchev–Trinajstić information content (AvgIpc) is 2.69. The Balaban J connectivity index is 2.14. The second-order valence-corrected chi connectivity index (χ2v) is 7.23. The Morgan fingerprint density at radius 2 is 1.66 bits per heavy atom. The predicted octanol–water partition coefficient (Wildman–Crippen LogP) is 2.77. The molecule has 3 aromatic carbocycles.